The second-order valence-electron chi connectivity index (χ2n) is 7.85. The van der Waals surface area contributed by atoms with Crippen LogP contribution in [-0.4, -0.2) is 37.1 Å². The van der Waals surface area contributed by atoms with E-state index in [0.29, 0.717) is 23.9 Å². The van der Waals surface area contributed by atoms with Crippen LogP contribution < -0.4 is 5.32 Å². The van der Waals surface area contributed by atoms with E-state index < -0.39 is 0 Å². The third kappa shape index (κ3) is 3.67. The highest BCUT2D eigenvalue weighted by molar-refractivity contribution is 7.98. The number of amides is 1. The molecule has 7 nitrogen and oxygen atoms in total. The second kappa shape index (κ2) is 8.20. The van der Waals surface area contributed by atoms with Gasteiger partial charge in [-0.3, -0.25) is 4.79 Å². The first-order valence-corrected chi connectivity index (χ1v) is 11.6. The van der Waals surface area contributed by atoms with E-state index in [1.807, 2.05) is 44.4 Å². The summed E-state index contributed by atoms with van der Waals surface area (Å²) in [6.45, 7) is 3.99. The van der Waals surface area contributed by atoms with Gasteiger partial charge in [0, 0.05) is 28.4 Å². The van der Waals surface area contributed by atoms with E-state index in [-0.39, 0.29) is 11.8 Å². The number of nitrogens with zero attached hydrogens (tertiary/aromatic N) is 5. The smallest absolute Gasteiger partial charge is 0.272 e. The predicted molar refractivity (Wildman–Crippen MR) is 125 cm³/mol. The predicted octanol–water partition coefficient (Wildman–Crippen LogP) is 4.54. The van der Waals surface area contributed by atoms with Gasteiger partial charge in [0.25, 0.3) is 5.95 Å². The van der Waals surface area contributed by atoms with Gasteiger partial charge in [-0.05, 0) is 37.8 Å². The van der Waals surface area contributed by atoms with Crippen LogP contribution in [0.1, 0.15) is 34.7 Å². The van der Waals surface area contributed by atoms with Gasteiger partial charge in [0.1, 0.15) is 5.82 Å². The third-order valence-electron chi connectivity index (χ3n) is 5.71. The summed E-state index contributed by atoms with van der Waals surface area (Å²) in [5, 5.41) is 16.0. The average molecular weight is 443 g/mol. The van der Waals surface area contributed by atoms with Crippen LogP contribution in [0.15, 0.2) is 59.6 Å². The molecule has 1 atom stereocenters. The van der Waals surface area contributed by atoms with Crippen molar-refractivity contribution in [1.82, 2.24) is 25.0 Å². The molecule has 32 heavy (non-hydrogen) atoms. The molecule has 2 aromatic heterocycles. The minimum Gasteiger partial charge on any atom is -0.310 e. The molecule has 1 aliphatic heterocycles. The summed E-state index contributed by atoms with van der Waals surface area (Å²) in [6, 6.07) is 16.4. The van der Waals surface area contributed by atoms with Crippen molar-refractivity contribution in [3.05, 3.63) is 77.1 Å². The molecule has 0 saturated heterocycles. The number of fused-ring (bicyclic) bond motifs is 1. The minimum atomic E-state index is -0.0725. The molecule has 2 aromatic carbocycles. The van der Waals surface area contributed by atoms with Crippen LogP contribution in [0, 0.1) is 13.8 Å². The van der Waals surface area contributed by atoms with E-state index in [2.05, 4.69) is 49.9 Å². The van der Waals surface area contributed by atoms with Crippen molar-refractivity contribution >= 4 is 23.5 Å². The van der Waals surface area contributed by atoms with E-state index in [4.69, 9.17) is 0 Å². The first-order valence-electron chi connectivity index (χ1n) is 10.3. The SMILES string of the molecule is CSc1ccc(C2CC(=O)Nc3c2c(C)nn3-c2nncc(-c3ccc(C)cc3)n2)cc1. The third-order valence-corrected chi connectivity index (χ3v) is 6.45. The number of thioether (sulfide) groups is 1. The van der Waals surface area contributed by atoms with Crippen molar-refractivity contribution in [2.24, 2.45) is 0 Å². The van der Waals surface area contributed by atoms with Gasteiger partial charge in [0.2, 0.25) is 5.91 Å². The Labute approximate surface area is 190 Å². The molecule has 1 unspecified atom stereocenters. The lowest BCUT2D eigenvalue weighted by atomic mass is 9.86. The Balaban J connectivity index is 1.58. The van der Waals surface area contributed by atoms with Crippen LogP contribution in [-0.2, 0) is 4.79 Å². The van der Waals surface area contributed by atoms with Crippen molar-refractivity contribution < 1.29 is 4.79 Å². The zero-order valence-corrected chi connectivity index (χ0v) is 18.8. The molecule has 3 heterocycles. The maximum atomic E-state index is 12.6. The first kappa shape index (κ1) is 20.4. The maximum Gasteiger partial charge on any atom is 0.272 e. The van der Waals surface area contributed by atoms with Crippen LogP contribution in [0.25, 0.3) is 17.2 Å². The number of rotatable bonds is 4. The monoisotopic (exact) mass is 442 g/mol. The molecule has 1 aliphatic rings. The van der Waals surface area contributed by atoms with Gasteiger partial charge in [-0.25, -0.2) is 4.98 Å². The molecule has 0 radical (unpaired) electrons. The van der Waals surface area contributed by atoms with Crippen molar-refractivity contribution in [1.29, 1.82) is 0 Å². The highest BCUT2D eigenvalue weighted by Crippen LogP contribution is 2.40. The Morgan fingerprint density at radius 3 is 2.53 bits per heavy atom. The molecule has 0 aliphatic carbocycles. The lowest BCUT2D eigenvalue weighted by Gasteiger charge is -2.24. The zero-order valence-electron chi connectivity index (χ0n) is 18.0. The van der Waals surface area contributed by atoms with Crippen LogP contribution in [0.4, 0.5) is 5.82 Å². The molecule has 160 valence electrons. The summed E-state index contributed by atoms with van der Waals surface area (Å²) >= 11 is 1.70. The number of hydrogen-bond acceptors (Lipinski definition) is 6. The number of nitrogens with one attached hydrogen (secondary N) is 1. The lowest BCUT2D eigenvalue weighted by Crippen LogP contribution is -2.25. The molecular weight excluding hydrogens is 420 g/mol. The molecule has 0 bridgehead atoms. The van der Waals surface area contributed by atoms with Crippen molar-refractivity contribution in [3.8, 4) is 17.2 Å². The Morgan fingerprint density at radius 1 is 1.06 bits per heavy atom. The van der Waals surface area contributed by atoms with E-state index in [0.717, 1.165) is 22.4 Å². The van der Waals surface area contributed by atoms with Gasteiger partial charge >= 0.3 is 0 Å². The topological polar surface area (TPSA) is 85.6 Å². The fourth-order valence-electron chi connectivity index (χ4n) is 4.06. The molecule has 8 heteroatoms. The van der Waals surface area contributed by atoms with E-state index >= 15 is 0 Å². The molecule has 0 saturated carbocycles. The fraction of sp³-hybridized carbons (Fsp3) is 0.208. The Morgan fingerprint density at radius 2 is 1.81 bits per heavy atom. The number of benzene rings is 2. The van der Waals surface area contributed by atoms with Crippen molar-refractivity contribution in [2.45, 2.75) is 31.1 Å². The molecular formula is C24H22N6OS. The van der Waals surface area contributed by atoms with Crippen LogP contribution in [0.2, 0.25) is 0 Å². The largest absolute Gasteiger partial charge is 0.310 e. The standard InChI is InChI=1S/C24H22N6OS/c1-14-4-6-17(7-5-14)20-13-25-28-24(26-20)30-23-22(15(2)29-30)19(12-21(31)27-23)16-8-10-18(32-3)11-9-16/h4-11,13,19H,12H2,1-3H3,(H,27,31). The average Bonchev–Trinajstić information content (AvgIpc) is 3.15. The molecule has 1 amide bonds. The van der Waals surface area contributed by atoms with Gasteiger partial charge in [0.15, 0.2) is 0 Å². The fourth-order valence-corrected chi connectivity index (χ4v) is 4.47. The molecule has 1 N–H and O–H groups in total. The first-order chi connectivity index (χ1) is 15.5. The minimum absolute atomic E-state index is 0.0553. The molecule has 0 fully saturated rings. The molecule has 5 rings (SSSR count). The number of aromatic nitrogens is 5. The molecule has 0 spiro atoms. The van der Waals surface area contributed by atoms with E-state index in [1.54, 1.807) is 22.6 Å². The van der Waals surface area contributed by atoms with Gasteiger partial charge in [-0.15, -0.1) is 16.9 Å². The Hall–Kier alpha value is -3.52. The van der Waals surface area contributed by atoms with E-state index in [1.165, 1.54) is 10.5 Å². The van der Waals surface area contributed by atoms with Gasteiger partial charge < -0.3 is 5.32 Å². The van der Waals surface area contributed by atoms with Gasteiger partial charge in [-0.2, -0.15) is 14.9 Å². The maximum absolute atomic E-state index is 12.6. The Kier molecular flexibility index (Phi) is 5.22. The number of carbonyl (C=O) groups excluding carboxylic acids is 1. The normalized spacial score (nSPS) is 15.3. The van der Waals surface area contributed by atoms with Crippen LogP contribution in [0.5, 0.6) is 0 Å². The van der Waals surface area contributed by atoms with E-state index in [9.17, 15) is 4.79 Å². The van der Waals surface area contributed by atoms with Crippen molar-refractivity contribution in [3.63, 3.8) is 0 Å². The second-order valence-corrected chi connectivity index (χ2v) is 8.72. The molecule has 4 aromatic rings. The summed E-state index contributed by atoms with van der Waals surface area (Å²) in [6.07, 6.45) is 4.06. The Bertz CT molecular complexity index is 1300. The van der Waals surface area contributed by atoms with Crippen LogP contribution >= 0.6 is 11.8 Å². The summed E-state index contributed by atoms with van der Waals surface area (Å²) < 4.78 is 1.59. The van der Waals surface area contributed by atoms with Crippen LogP contribution in [0.3, 0.4) is 0 Å². The summed E-state index contributed by atoms with van der Waals surface area (Å²) in [5.41, 5.74) is 5.73. The van der Waals surface area contributed by atoms with Gasteiger partial charge in [-0.1, -0.05) is 42.0 Å². The zero-order chi connectivity index (χ0) is 22.2. The van der Waals surface area contributed by atoms with Crippen molar-refractivity contribution in [2.75, 3.05) is 11.6 Å². The summed E-state index contributed by atoms with van der Waals surface area (Å²) in [7, 11) is 0. The quantitative estimate of drug-likeness (QED) is 0.467. The summed E-state index contributed by atoms with van der Waals surface area (Å²) in [5.74, 6) is 0.809. The van der Waals surface area contributed by atoms with Gasteiger partial charge in [0.05, 0.1) is 17.6 Å². The lowest BCUT2D eigenvalue weighted by molar-refractivity contribution is -0.116. The number of carbonyl (C=O) groups is 1. The number of anilines is 1. The highest BCUT2D eigenvalue weighted by atomic mass is 32.2. The summed E-state index contributed by atoms with van der Waals surface area (Å²) in [4.78, 5) is 18.5. The highest BCUT2D eigenvalue weighted by Gasteiger charge is 2.33. The number of aryl methyl sites for hydroxylation is 2. The number of hydrogen-bond donors (Lipinski definition) is 1.